The zero-order valence-corrected chi connectivity index (χ0v) is 12.7. The first-order valence-electron chi connectivity index (χ1n) is 6.53. The van der Waals surface area contributed by atoms with Crippen LogP contribution in [-0.4, -0.2) is 21.7 Å². The van der Waals surface area contributed by atoms with Crippen LogP contribution in [0.2, 0.25) is 0 Å². The number of carbonyl (C=O) groups excluding carboxylic acids is 1. The first-order valence-corrected chi connectivity index (χ1v) is 7.76. The van der Waals surface area contributed by atoms with E-state index in [2.05, 4.69) is 34.6 Å². The second-order valence-electron chi connectivity index (χ2n) is 4.69. The molecular weight excluding hydrogens is 270 g/mol. The van der Waals surface area contributed by atoms with Gasteiger partial charge in [0.15, 0.2) is 0 Å². The van der Waals surface area contributed by atoms with Gasteiger partial charge >= 0.3 is 0 Å². The Labute approximate surface area is 123 Å². The minimum absolute atomic E-state index is 0.00977. The van der Waals surface area contributed by atoms with Crippen molar-refractivity contribution in [2.75, 3.05) is 6.26 Å². The van der Waals surface area contributed by atoms with Gasteiger partial charge in [0, 0.05) is 17.3 Å². The Morgan fingerprint density at radius 2 is 2.00 bits per heavy atom. The smallest absolute Gasteiger partial charge is 0.243 e. The maximum absolute atomic E-state index is 12.2. The number of hydrogen-bond acceptors (Lipinski definition) is 3. The van der Waals surface area contributed by atoms with Gasteiger partial charge in [-0.3, -0.25) is 4.79 Å². The van der Waals surface area contributed by atoms with Crippen LogP contribution in [-0.2, 0) is 4.79 Å². The number of aromatic nitrogens is 2. The summed E-state index contributed by atoms with van der Waals surface area (Å²) in [7, 11) is 0. The number of imidazole rings is 1. The highest BCUT2D eigenvalue weighted by atomic mass is 32.2. The van der Waals surface area contributed by atoms with Gasteiger partial charge in [-0.25, -0.2) is 4.98 Å². The summed E-state index contributed by atoms with van der Waals surface area (Å²) >= 11 is 1.71. The third kappa shape index (κ3) is 3.42. The summed E-state index contributed by atoms with van der Waals surface area (Å²) in [4.78, 5) is 17.4. The average molecular weight is 289 g/mol. The van der Waals surface area contributed by atoms with Crippen LogP contribution in [0.25, 0.3) is 0 Å². The number of nitrogens with zero attached hydrogens (tertiary/aromatic N) is 2. The van der Waals surface area contributed by atoms with Crippen LogP contribution in [0.5, 0.6) is 0 Å². The van der Waals surface area contributed by atoms with Gasteiger partial charge in [0.25, 0.3) is 0 Å². The van der Waals surface area contributed by atoms with Gasteiger partial charge in [-0.1, -0.05) is 12.1 Å². The molecule has 20 heavy (non-hydrogen) atoms. The topological polar surface area (TPSA) is 46.9 Å². The molecule has 1 heterocycles. The third-order valence-electron chi connectivity index (χ3n) is 3.33. The second-order valence-corrected chi connectivity index (χ2v) is 5.57. The van der Waals surface area contributed by atoms with Crippen LogP contribution in [0.15, 0.2) is 47.9 Å². The molecule has 0 aliphatic rings. The molecule has 2 atom stereocenters. The number of benzene rings is 1. The molecule has 0 radical (unpaired) electrons. The molecule has 1 aromatic carbocycles. The highest BCUT2D eigenvalue weighted by Gasteiger charge is 2.17. The first-order chi connectivity index (χ1) is 9.61. The average Bonchev–Trinajstić information content (AvgIpc) is 3.00. The predicted octanol–water partition coefficient (Wildman–Crippen LogP) is 3.04. The molecule has 0 aliphatic carbocycles. The first kappa shape index (κ1) is 14.7. The van der Waals surface area contributed by atoms with Gasteiger partial charge < -0.3 is 9.88 Å². The van der Waals surface area contributed by atoms with Gasteiger partial charge in [-0.2, -0.15) is 0 Å². The van der Waals surface area contributed by atoms with Crippen molar-refractivity contribution >= 4 is 17.7 Å². The number of rotatable bonds is 5. The molecule has 0 saturated carbocycles. The van der Waals surface area contributed by atoms with Gasteiger partial charge in [-0.15, -0.1) is 11.8 Å². The molecular formula is C15H19N3OS. The van der Waals surface area contributed by atoms with Gasteiger partial charge in [0.05, 0.1) is 12.4 Å². The van der Waals surface area contributed by atoms with Crippen LogP contribution in [0, 0.1) is 0 Å². The van der Waals surface area contributed by atoms with Crippen molar-refractivity contribution in [2.24, 2.45) is 0 Å². The molecule has 0 aliphatic heterocycles. The summed E-state index contributed by atoms with van der Waals surface area (Å²) in [6, 6.07) is 7.98. The van der Waals surface area contributed by atoms with Crippen molar-refractivity contribution in [3.05, 3.63) is 48.5 Å². The molecule has 1 N–H and O–H groups in total. The molecule has 5 heteroatoms. The van der Waals surface area contributed by atoms with Gasteiger partial charge in [0.1, 0.15) is 6.04 Å². The largest absolute Gasteiger partial charge is 0.348 e. The lowest BCUT2D eigenvalue weighted by molar-refractivity contribution is -0.124. The lowest BCUT2D eigenvalue weighted by atomic mass is 10.1. The zero-order chi connectivity index (χ0) is 14.5. The molecule has 2 rings (SSSR count). The fraction of sp³-hybridized carbons (Fsp3) is 0.333. The van der Waals surface area contributed by atoms with Crippen molar-refractivity contribution < 1.29 is 4.79 Å². The SMILES string of the molecule is CSc1ccc([C@@H](C)NC(=O)[C@H](C)n2ccnc2)cc1. The molecule has 0 spiro atoms. The summed E-state index contributed by atoms with van der Waals surface area (Å²) in [5.41, 5.74) is 1.11. The molecule has 1 amide bonds. The van der Waals surface area contributed by atoms with Crippen LogP contribution in [0.4, 0.5) is 0 Å². The Morgan fingerprint density at radius 3 is 2.55 bits per heavy atom. The van der Waals surface area contributed by atoms with E-state index in [1.165, 1.54) is 4.90 Å². The van der Waals surface area contributed by atoms with Crippen LogP contribution < -0.4 is 5.32 Å². The van der Waals surface area contributed by atoms with E-state index in [0.717, 1.165) is 5.56 Å². The van der Waals surface area contributed by atoms with Crippen molar-refractivity contribution in [1.29, 1.82) is 0 Å². The standard InChI is InChI=1S/C15H19N3OS/c1-11(13-4-6-14(20-3)7-5-13)17-15(19)12(2)18-9-8-16-10-18/h4-12H,1-3H3,(H,17,19)/t11-,12+/m1/s1. The van der Waals surface area contributed by atoms with Crippen molar-refractivity contribution in [3.63, 3.8) is 0 Å². The fourth-order valence-corrected chi connectivity index (χ4v) is 2.35. The molecule has 4 nitrogen and oxygen atoms in total. The maximum atomic E-state index is 12.2. The highest BCUT2D eigenvalue weighted by molar-refractivity contribution is 7.98. The van der Waals surface area contributed by atoms with Crippen LogP contribution in [0.1, 0.15) is 31.5 Å². The number of thioether (sulfide) groups is 1. The quantitative estimate of drug-likeness (QED) is 0.861. The predicted molar refractivity (Wildman–Crippen MR) is 81.7 cm³/mol. The molecule has 0 bridgehead atoms. The van der Waals surface area contributed by atoms with Gasteiger partial charge in [0.2, 0.25) is 5.91 Å². The normalized spacial score (nSPS) is 13.8. The van der Waals surface area contributed by atoms with E-state index in [0.29, 0.717) is 0 Å². The van der Waals surface area contributed by atoms with Crippen LogP contribution in [0.3, 0.4) is 0 Å². The monoisotopic (exact) mass is 289 g/mol. The lowest BCUT2D eigenvalue weighted by Gasteiger charge is -2.18. The molecule has 1 aromatic heterocycles. The summed E-state index contributed by atoms with van der Waals surface area (Å²) in [6.45, 7) is 3.85. The van der Waals surface area contributed by atoms with E-state index >= 15 is 0 Å². The number of nitrogens with one attached hydrogen (secondary N) is 1. The van der Waals surface area contributed by atoms with E-state index in [-0.39, 0.29) is 18.0 Å². The molecule has 0 saturated heterocycles. The Balaban J connectivity index is 1.99. The minimum Gasteiger partial charge on any atom is -0.348 e. The Morgan fingerprint density at radius 1 is 1.30 bits per heavy atom. The summed E-state index contributed by atoms with van der Waals surface area (Å²) in [5.74, 6) is -0.00977. The molecule has 0 unspecified atom stereocenters. The number of carbonyl (C=O) groups is 1. The number of amides is 1. The van der Waals surface area contributed by atoms with Crippen molar-refractivity contribution in [3.8, 4) is 0 Å². The zero-order valence-electron chi connectivity index (χ0n) is 11.9. The summed E-state index contributed by atoms with van der Waals surface area (Å²) in [5, 5.41) is 3.03. The third-order valence-corrected chi connectivity index (χ3v) is 4.07. The summed E-state index contributed by atoms with van der Waals surface area (Å²) in [6.07, 6.45) is 7.17. The molecule has 106 valence electrons. The van der Waals surface area contributed by atoms with E-state index in [1.807, 2.05) is 20.1 Å². The minimum atomic E-state index is -0.259. The maximum Gasteiger partial charge on any atom is 0.243 e. The van der Waals surface area contributed by atoms with E-state index in [9.17, 15) is 4.79 Å². The number of hydrogen-bond donors (Lipinski definition) is 1. The van der Waals surface area contributed by atoms with Crippen LogP contribution >= 0.6 is 11.8 Å². The van der Waals surface area contributed by atoms with E-state index in [1.54, 1.807) is 35.0 Å². The Hall–Kier alpha value is -1.75. The highest BCUT2D eigenvalue weighted by Crippen LogP contribution is 2.19. The van der Waals surface area contributed by atoms with Crippen molar-refractivity contribution in [1.82, 2.24) is 14.9 Å². The van der Waals surface area contributed by atoms with E-state index in [4.69, 9.17) is 0 Å². The molecule has 0 fully saturated rings. The van der Waals surface area contributed by atoms with Crippen molar-refractivity contribution in [2.45, 2.75) is 30.8 Å². The second kappa shape index (κ2) is 6.61. The van der Waals surface area contributed by atoms with E-state index < -0.39 is 0 Å². The summed E-state index contributed by atoms with van der Waals surface area (Å²) < 4.78 is 1.79. The Bertz CT molecular complexity index is 551. The fourth-order valence-electron chi connectivity index (χ4n) is 1.94. The Kier molecular flexibility index (Phi) is 4.84. The lowest BCUT2D eigenvalue weighted by Crippen LogP contribution is -2.32. The van der Waals surface area contributed by atoms with Gasteiger partial charge in [-0.05, 0) is 37.8 Å². The molecule has 2 aromatic rings.